The molecule has 0 aliphatic carbocycles. The van der Waals surface area contributed by atoms with Crippen molar-refractivity contribution in [3.05, 3.63) is 52.8 Å². The van der Waals surface area contributed by atoms with E-state index < -0.39 is 0 Å². The van der Waals surface area contributed by atoms with Crippen LogP contribution in [0.25, 0.3) is 22.5 Å². The number of amides is 1. The van der Waals surface area contributed by atoms with Crippen LogP contribution in [0, 0.1) is 0 Å². The lowest BCUT2D eigenvalue weighted by Crippen LogP contribution is -2.32. The highest BCUT2D eigenvalue weighted by Crippen LogP contribution is 2.39. The molecule has 1 aliphatic rings. The summed E-state index contributed by atoms with van der Waals surface area (Å²) in [7, 11) is 1.95. The number of carbonyl (C=O) groups is 1. The van der Waals surface area contributed by atoms with E-state index in [9.17, 15) is 4.79 Å². The van der Waals surface area contributed by atoms with Gasteiger partial charge < -0.3 is 15.6 Å². The molecular weight excluding hydrogens is 338 g/mol. The zero-order chi connectivity index (χ0) is 17.6. The number of hydrogen-bond acceptors (Lipinski definition) is 4. The quantitative estimate of drug-likeness (QED) is 0.741. The maximum Gasteiger partial charge on any atom is 0.253 e. The molecule has 0 fully saturated rings. The maximum absolute atomic E-state index is 12.6. The van der Waals surface area contributed by atoms with Gasteiger partial charge in [0, 0.05) is 42.5 Å². The Labute approximate surface area is 149 Å². The Morgan fingerprint density at radius 1 is 1.20 bits per heavy atom. The number of anilines is 1. The van der Waals surface area contributed by atoms with Gasteiger partial charge in [0.05, 0.1) is 17.0 Å². The van der Waals surface area contributed by atoms with Crippen LogP contribution >= 0.6 is 11.6 Å². The van der Waals surface area contributed by atoms with Crippen LogP contribution in [0.4, 0.5) is 5.95 Å². The molecule has 4 rings (SSSR count). The minimum Gasteiger partial charge on any atom is -0.368 e. The van der Waals surface area contributed by atoms with Gasteiger partial charge in [-0.05, 0) is 23.8 Å². The largest absolute Gasteiger partial charge is 0.368 e. The number of halogens is 1. The van der Waals surface area contributed by atoms with E-state index >= 15 is 0 Å². The Balaban J connectivity index is 2.06. The lowest BCUT2D eigenvalue weighted by atomic mass is 9.96. The second kappa shape index (κ2) is 5.89. The van der Waals surface area contributed by atoms with Crippen LogP contribution < -0.4 is 11.1 Å². The molecule has 0 radical (unpaired) electrons. The van der Waals surface area contributed by atoms with Crippen LogP contribution in [0.5, 0.6) is 0 Å². The number of rotatable bonds is 2. The lowest BCUT2D eigenvalue weighted by molar-refractivity contribution is 0.0946. The Morgan fingerprint density at radius 3 is 2.68 bits per heavy atom. The van der Waals surface area contributed by atoms with Crippen molar-refractivity contribution in [1.29, 1.82) is 0 Å². The van der Waals surface area contributed by atoms with E-state index in [1.807, 2.05) is 35.9 Å². The minimum atomic E-state index is -0.0740. The first kappa shape index (κ1) is 15.7. The molecule has 0 saturated carbocycles. The van der Waals surface area contributed by atoms with Gasteiger partial charge in [-0.1, -0.05) is 23.7 Å². The van der Waals surface area contributed by atoms with E-state index in [1.54, 1.807) is 12.3 Å². The molecule has 3 aromatic rings. The zero-order valence-corrected chi connectivity index (χ0v) is 14.3. The minimum absolute atomic E-state index is 0.0740. The van der Waals surface area contributed by atoms with Crippen LogP contribution in [0.1, 0.15) is 16.1 Å². The Morgan fingerprint density at radius 2 is 1.96 bits per heavy atom. The molecule has 6 nitrogen and oxygen atoms in total. The number of nitrogens with one attached hydrogen (secondary N) is 1. The Hall–Kier alpha value is -2.86. The summed E-state index contributed by atoms with van der Waals surface area (Å²) in [4.78, 5) is 20.9. The Bertz CT molecular complexity index is 978. The second-order valence-corrected chi connectivity index (χ2v) is 6.35. The van der Waals surface area contributed by atoms with E-state index in [4.69, 9.17) is 17.3 Å². The molecular formula is C18H16ClN5O. The summed E-state index contributed by atoms with van der Waals surface area (Å²) in [5.74, 6) is 0.123. The highest BCUT2D eigenvalue weighted by Gasteiger charge is 2.30. The van der Waals surface area contributed by atoms with Gasteiger partial charge in [0.1, 0.15) is 0 Å². The molecule has 1 aromatic carbocycles. The molecule has 0 bridgehead atoms. The van der Waals surface area contributed by atoms with Gasteiger partial charge in [0.2, 0.25) is 5.95 Å². The summed E-state index contributed by atoms with van der Waals surface area (Å²) in [5, 5.41) is 3.57. The van der Waals surface area contributed by atoms with Crippen molar-refractivity contribution in [3.8, 4) is 22.5 Å². The molecule has 0 saturated heterocycles. The fraction of sp³-hybridized carbons (Fsp3) is 0.167. The average Bonchev–Trinajstić information content (AvgIpc) is 2.90. The van der Waals surface area contributed by atoms with Crippen molar-refractivity contribution in [2.45, 2.75) is 6.42 Å². The SMILES string of the molecule is Cn1c2c(c(-c3ccc(Cl)cc3)c1-c1ccnc(N)n1)C(=O)NCC2. The molecule has 2 aromatic heterocycles. The van der Waals surface area contributed by atoms with Crippen molar-refractivity contribution in [3.63, 3.8) is 0 Å². The first-order chi connectivity index (χ1) is 12.1. The highest BCUT2D eigenvalue weighted by molar-refractivity contribution is 6.30. The number of fused-ring (bicyclic) bond motifs is 1. The molecule has 0 unspecified atom stereocenters. The van der Waals surface area contributed by atoms with Crippen molar-refractivity contribution in [1.82, 2.24) is 19.9 Å². The predicted octanol–water partition coefficient (Wildman–Crippen LogP) is 2.67. The standard InChI is InChI=1S/C18H16ClN5O/c1-24-13-7-9-21-17(25)15(13)14(10-2-4-11(19)5-3-10)16(24)12-6-8-22-18(20)23-12/h2-6,8H,7,9H2,1H3,(H,21,25)(H2,20,22,23). The molecule has 3 N–H and O–H groups in total. The van der Waals surface area contributed by atoms with Crippen LogP contribution in [-0.2, 0) is 13.5 Å². The monoisotopic (exact) mass is 353 g/mol. The topological polar surface area (TPSA) is 85.8 Å². The van der Waals surface area contributed by atoms with Gasteiger partial charge in [-0.25, -0.2) is 9.97 Å². The Kier molecular flexibility index (Phi) is 3.69. The fourth-order valence-electron chi connectivity index (χ4n) is 3.36. The zero-order valence-electron chi connectivity index (χ0n) is 13.6. The number of nitrogens with two attached hydrogens (primary N) is 1. The van der Waals surface area contributed by atoms with Gasteiger partial charge in [-0.15, -0.1) is 0 Å². The third kappa shape index (κ3) is 2.55. The smallest absolute Gasteiger partial charge is 0.253 e. The van der Waals surface area contributed by atoms with E-state index in [1.165, 1.54) is 0 Å². The van der Waals surface area contributed by atoms with E-state index in [0.29, 0.717) is 22.8 Å². The van der Waals surface area contributed by atoms with Gasteiger partial charge in [0.15, 0.2) is 0 Å². The lowest BCUT2D eigenvalue weighted by Gasteiger charge is -2.15. The predicted molar refractivity (Wildman–Crippen MR) is 97.3 cm³/mol. The van der Waals surface area contributed by atoms with Crippen molar-refractivity contribution < 1.29 is 4.79 Å². The van der Waals surface area contributed by atoms with E-state index in [2.05, 4.69) is 15.3 Å². The van der Waals surface area contributed by atoms with Crippen LogP contribution in [-0.4, -0.2) is 27.0 Å². The molecule has 1 amide bonds. The molecule has 126 valence electrons. The van der Waals surface area contributed by atoms with Gasteiger partial charge in [-0.3, -0.25) is 4.79 Å². The first-order valence-electron chi connectivity index (χ1n) is 7.91. The third-order valence-electron chi connectivity index (χ3n) is 4.44. The number of carbonyl (C=O) groups excluding carboxylic acids is 1. The van der Waals surface area contributed by atoms with Crippen molar-refractivity contribution in [2.75, 3.05) is 12.3 Å². The summed E-state index contributed by atoms with van der Waals surface area (Å²) < 4.78 is 2.03. The molecule has 7 heteroatoms. The average molecular weight is 354 g/mol. The molecule has 1 aliphatic heterocycles. The molecule has 3 heterocycles. The van der Waals surface area contributed by atoms with Crippen molar-refractivity contribution in [2.24, 2.45) is 7.05 Å². The second-order valence-electron chi connectivity index (χ2n) is 5.92. The normalized spacial score (nSPS) is 13.4. The fourth-order valence-corrected chi connectivity index (χ4v) is 3.48. The van der Waals surface area contributed by atoms with Crippen LogP contribution in [0.3, 0.4) is 0 Å². The van der Waals surface area contributed by atoms with Gasteiger partial charge in [0.25, 0.3) is 5.91 Å². The summed E-state index contributed by atoms with van der Waals surface area (Å²) in [6.45, 7) is 0.620. The van der Waals surface area contributed by atoms with Crippen LogP contribution in [0.2, 0.25) is 5.02 Å². The van der Waals surface area contributed by atoms with Gasteiger partial charge >= 0.3 is 0 Å². The summed E-state index contributed by atoms with van der Waals surface area (Å²) >= 11 is 6.03. The number of nitrogens with zero attached hydrogens (tertiary/aromatic N) is 3. The van der Waals surface area contributed by atoms with Crippen molar-refractivity contribution >= 4 is 23.5 Å². The molecule has 0 spiro atoms. The number of benzene rings is 1. The highest BCUT2D eigenvalue weighted by atomic mass is 35.5. The number of hydrogen-bond donors (Lipinski definition) is 2. The van der Waals surface area contributed by atoms with Gasteiger partial charge in [-0.2, -0.15) is 0 Å². The number of aromatic nitrogens is 3. The van der Waals surface area contributed by atoms with E-state index in [0.717, 1.165) is 28.9 Å². The summed E-state index contributed by atoms with van der Waals surface area (Å²) in [6, 6.07) is 9.25. The van der Waals surface area contributed by atoms with E-state index in [-0.39, 0.29) is 11.9 Å². The molecule has 0 atom stereocenters. The number of nitrogen functional groups attached to an aromatic ring is 1. The maximum atomic E-state index is 12.6. The summed E-state index contributed by atoms with van der Waals surface area (Å²) in [5.41, 5.74) is 10.7. The van der Waals surface area contributed by atoms with Crippen LogP contribution in [0.15, 0.2) is 36.5 Å². The summed E-state index contributed by atoms with van der Waals surface area (Å²) in [6.07, 6.45) is 2.38. The first-order valence-corrected chi connectivity index (χ1v) is 8.28. The third-order valence-corrected chi connectivity index (χ3v) is 4.69. The molecule has 25 heavy (non-hydrogen) atoms.